The van der Waals surface area contributed by atoms with Gasteiger partial charge >= 0.3 is 18.1 Å². The van der Waals surface area contributed by atoms with E-state index < -0.39 is 18.1 Å². The highest BCUT2D eigenvalue weighted by atomic mass is 35.5. The van der Waals surface area contributed by atoms with Crippen LogP contribution in [-0.4, -0.2) is 48.7 Å². The van der Waals surface area contributed by atoms with Gasteiger partial charge in [-0.05, 0) is 18.2 Å². The molecule has 0 atom stereocenters. The van der Waals surface area contributed by atoms with Crippen molar-refractivity contribution >= 4 is 34.4 Å². The van der Waals surface area contributed by atoms with Gasteiger partial charge in [0.15, 0.2) is 5.69 Å². The molecule has 0 saturated carbocycles. The van der Waals surface area contributed by atoms with E-state index in [0.717, 1.165) is 10.9 Å². The lowest BCUT2D eigenvalue weighted by Gasteiger charge is -2.01. The van der Waals surface area contributed by atoms with Gasteiger partial charge in [-0.1, -0.05) is 22.9 Å². The Balaban J connectivity index is 0.000000298. The molecule has 1 aromatic carbocycles. The smallest absolute Gasteiger partial charge is 0.476 e. The Kier molecular flexibility index (Phi) is 5.41. The molecular formula is C14H8ClF3N4O4. The molecule has 0 saturated heterocycles. The van der Waals surface area contributed by atoms with Gasteiger partial charge in [0.2, 0.25) is 0 Å². The van der Waals surface area contributed by atoms with E-state index >= 15 is 0 Å². The second kappa shape index (κ2) is 7.35. The summed E-state index contributed by atoms with van der Waals surface area (Å²) in [4.78, 5) is 24.2. The Bertz CT molecular complexity index is 974. The fourth-order valence-electron chi connectivity index (χ4n) is 1.80. The van der Waals surface area contributed by atoms with Gasteiger partial charge in [0, 0.05) is 22.2 Å². The number of pyridine rings is 1. The summed E-state index contributed by atoms with van der Waals surface area (Å²) in [5.41, 5.74) is 1.52. The van der Waals surface area contributed by atoms with Crippen LogP contribution in [0.4, 0.5) is 13.2 Å². The first-order chi connectivity index (χ1) is 12.1. The van der Waals surface area contributed by atoms with E-state index in [9.17, 15) is 18.0 Å². The van der Waals surface area contributed by atoms with Crippen LogP contribution in [0.2, 0.25) is 5.02 Å². The number of nitrogens with one attached hydrogen (secondary N) is 1. The van der Waals surface area contributed by atoms with Gasteiger partial charge in [0.1, 0.15) is 5.69 Å². The van der Waals surface area contributed by atoms with Crippen LogP contribution in [0.25, 0.3) is 22.2 Å². The van der Waals surface area contributed by atoms with E-state index in [2.05, 4.69) is 20.4 Å². The Morgan fingerprint density at radius 2 is 1.81 bits per heavy atom. The quantitative estimate of drug-likeness (QED) is 0.615. The van der Waals surface area contributed by atoms with Crippen molar-refractivity contribution in [2.24, 2.45) is 0 Å². The molecule has 3 N–H and O–H groups in total. The number of hydrogen-bond donors (Lipinski definition) is 3. The molecule has 0 aliphatic heterocycles. The zero-order chi connectivity index (χ0) is 19.5. The highest BCUT2D eigenvalue weighted by Gasteiger charge is 2.38. The van der Waals surface area contributed by atoms with Crippen LogP contribution in [0.15, 0.2) is 30.5 Å². The number of carbonyl (C=O) groups is 2. The topological polar surface area (TPSA) is 129 Å². The fraction of sp³-hybridized carbons (Fsp3) is 0.0714. The molecule has 0 fully saturated rings. The van der Waals surface area contributed by atoms with Crippen LogP contribution < -0.4 is 0 Å². The third-order valence-electron chi connectivity index (χ3n) is 2.92. The molecule has 3 aromatic rings. The first-order valence-corrected chi connectivity index (χ1v) is 6.97. The first kappa shape index (κ1) is 19.1. The summed E-state index contributed by atoms with van der Waals surface area (Å²) in [6.45, 7) is 0. The average molecular weight is 389 g/mol. The van der Waals surface area contributed by atoms with Crippen molar-refractivity contribution in [2.45, 2.75) is 6.18 Å². The molecule has 3 rings (SSSR count). The van der Waals surface area contributed by atoms with E-state index in [1.165, 1.54) is 0 Å². The van der Waals surface area contributed by atoms with Crippen LogP contribution >= 0.6 is 11.6 Å². The summed E-state index contributed by atoms with van der Waals surface area (Å²) < 4.78 is 31.7. The predicted molar refractivity (Wildman–Crippen MR) is 82.8 cm³/mol. The average Bonchev–Trinajstić information content (AvgIpc) is 3.04. The van der Waals surface area contributed by atoms with Crippen LogP contribution in [0.1, 0.15) is 10.5 Å². The number of benzene rings is 1. The molecule has 12 heteroatoms. The first-order valence-electron chi connectivity index (χ1n) is 6.59. The van der Waals surface area contributed by atoms with Gasteiger partial charge in [-0.2, -0.15) is 13.2 Å². The molecular weight excluding hydrogens is 381 g/mol. The minimum Gasteiger partial charge on any atom is -0.476 e. The number of carboxylic acid groups (broad SMARTS) is 2. The zero-order valence-electron chi connectivity index (χ0n) is 12.5. The number of aromatic nitrogens is 4. The van der Waals surface area contributed by atoms with Crippen molar-refractivity contribution in [1.82, 2.24) is 20.4 Å². The Morgan fingerprint density at radius 3 is 2.38 bits per heavy atom. The molecule has 0 spiro atoms. The highest BCUT2D eigenvalue weighted by molar-refractivity contribution is 6.31. The van der Waals surface area contributed by atoms with Crippen LogP contribution in [0.3, 0.4) is 0 Å². The third-order valence-corrected chi connectivity index (χ3v) is 3.16. The second-order valence-electron chi connectivity index (χ2n) is 4.70. The number of fused-ring (bicyclic) bond motifs is 1. The zero-order valence-corrected chi connectivity index (χ0v) is 13.2. The number of hydrogen-bond acceptors (Lipinski definition) is 5. The number of aromatic carboxylic acids is 1. The van der Waals surface area contributed by atoms with Crippen LogP contribution in [0, 0.1) is 0 Å². The normalized spacial score (nSPS) is 10.9. The van der Waals surface area contributed by atoms with Gasteiger partial charge < -0.3 is 10.2 Å². The molecule has 136 valence electrons. The van der Waals surface area contributed by atoms with E-state index in [4.69, 9.17) is 26.6 Å². The summed E-state index contributed by atoms with van der Waals surface area (Å²) in [6, 6.07) is 7.09. The number of carboxylic acids is 2. The maximum Gasteiger partial charge on any atom is 0.490 e. The van der Waals surface area contributed by atoms with E-state index in [0.29, 0.717) is 10.6 Å². The largest absolute Gasteiger partial charge is 0.490 e. The lowest BCUT2D eigenvalue weighted by Crippen LogP contribution is -2.21. The fourth-order valence-corrected chi connectivity index (χ4v) is 1.97. The number of H-pyrrole nitrogens is 1. The third kappa shape index (κ3) is 4.45. The second-order valence-corrected chi connectivity index (χ2v) is 5.14. The monoisotopic (exact) mass is 388 g/mol. The Hall–Kier alpha value is -3.21. The number of aliphatic carboxylic acids is 1. The lowest BCUT2D eigenvalue weighted by atomic mass is 10.1. The Morgan fingerprint density at radius 1 is 1.15 bits per heavy atom. The SMILES string of the molecule is O=C(O)C(F)(F)F.O=C(O)c1[nH]nnc1-c1cnc2cc(Cl)ccc2c1. The predicted octanol–water partition coefficient (Wildman–Crippen LogP) is 3.00. The van der Waals surface area contributed by atoms with Gasteiger partial charge in [-0.3, -0.25) is 10.1 Å². The maximum atomic E-state index is 11.0. The van der Waals surface area contributed by atoms with Crippen molar-refractivity contribution in [3.63, 3.8) is 0 Å². The molecule has 0 unspecified atom stereocenters. The summed E-state index contributed by atoms with van der Waals surface area (Å²) in [7, 11) is 0. The van der Waals surface area contributed by atoms with Crippen LogP contribution in [-0.2, 0) is 4.79 Å². The minimum absolute atomic E-state index is 0.0601. The van der Waals surface area contributed by atoms with Crippen molar-refractivity contribution < 1.29 is 33.0 Å². The summed E-state index contributed by atoms with van der Waals surface area (Å²) >= 11 is 5.88. The summed E-state index contributed by atoms with van der Waals surface area (Å²) in [6.07, 6.45) is -3.54. The number of rotatable bonds is 2. The maximum absolute atomic E-state index is 11.0. The molecule has 0 aliphatic rings. The van der Waals surface area contributed by atoms with E-state index in [1.54, 1.807) is 24.4 Å². The van der Waals surface area contributed by atoms with E-state index in [1.807, 2.05) is 6.07 Å². The van der Waals surface area contributed by atoms with Crippen molar-refractivity contribution in [3.8, 4) is 11.3 Å². The van der Waals surface area contributed by atoms with Gasteiger partial charge in [0.25, 0.3) is 0 Å². The summed E-state index contributed by atoms with van der Waals surface area (Å²) in [5, 5.41) is 27.2. The molecule has 0 bridgehead atoms. The summed E-state index contributed by atoms with van der Waals surface area (Å²) in [5.74, 6) is -3.87. The number of aromatic amines is 1. The van der Waals surface area contributed by atoms with Gasteiger partial charge in [-0.15, -0.1) is 5.10 Å². The lowest BCUT2D eigenvalue weighted by molar-refractivity contribution is -0.192. The Labute approximate surface area is 147 Å². The standard InChI is InChI=1S/C12H7ClN4O2.C2HF3O2/c13-8-2-1-6-3-7(5-14-9(6)4-8)10-11(12(18)19)16-17-15-10;3-2(4,5)1(6)7/h1-5H,(H,18,19)(H,15,16,17);(H,6,7). The minimum atomic E-state index is -5.08. The number of alkyl halides is 3. The molecule has 26 heavy (non-hydrogen) atoms. The van der Waals surface area contributed by atoms with Crippen molar-refractivity contribution in [3.05, 3.63) is 41.2 Å². The van der Waals surface area contributed by atoms with E-state index in [-0.39, 0.29) is 11.4 Å². The highest BCUT2D eigenvalue weighted by Crippen LogP contribution is 2.24. The molecule has 8 nitrogen and oxygen atoms in total. The van der Waals surface area contributed by atoms with Gasteiger partial charge in [-0.25, -0.2) is 9.59 Å². The van der Waals surface area contributed by atoms with Gasteiger partial charge in [0.05, 0.1) is 5.52 Å². The molecule has 0 radical (unpaired) electrons. The van der Waals surface area contributed by atoms with Crippen molar-refractivity contribution in [2.75, 3.05) is 0 Å². The number of nitrogens with zero attached hydrogens (tertiary/aromatic N) is 3. The molecule has 2 aromatic heterocycles. The van der Waals surface area contributed by atoms with Crippen LogP contribution in [0.5, 0.6) is 0 Å². The molecule has 0 amide bonds. The van der Waals surface area contributed by atoms with Crippen molar-refractivity contribution in [1.29, 1.82) is 0 Å². The molecule has 0 aliphatic carbocycles. The molecule has 2 heterocycles. The number of halogens is 4.